The number of ketones is 1. The van der Waals surface area contributed by atoms with E-state index in [1.165, 1.54) is 0 Å². The molecule has 0 aliphatic heterocycles. The minimum absolute atomic E-state index is 0.00560. The van der Waals surface area contributed by atoms with Crippen molar-refractivity contribution in [1.29, 1.82) is 0 Å². The van der Waals surface area contributed by atoms with Gasteiger partial charge in [-0.15, -0.1) is 0 Å². The molecular weight excluding hydrogens is 240 g/mol. The molecule has 2 rings (SSSR count). The second-order valence-electron chi connectivity index (χ2n) is 6.70. The van der Waals surface area contributed by atoms with Crippen molar-refractivity contribution in [3.63, 3.8) is 0 Å². The Hall–Kier alpha value is -0.670. The maximum atomic E-state index is 12.4. The third-order valence-corrected chi connectivity index (χ3v) is 5.21. The average Bonchev–Trinajstić information content (AvgIpc) is 2.35. The van der Waals surface area contributed by atoms with Gasteiger partial charge in [0, 0.05) is 11.3 Å². The first kappa shape index (κ1) is 14.7. The predicted octanol–water partition coefficient (Wildman–Crippen LogP) is 2.46. The van der Waals surface area contributed by atoms with Crippen molar-refractivity contribution in [3.8, 4) is 0 Å². The molecule has 0 saturated heterocycles. The highest BCUT2D eigenvalue weighted by atomic mass is 16.3. The van der Waals surface area contributed by atoms with Gasteiger partial charge in [0.2, 0.25) is 0 Å². The molecule has 0 bridgehead atoms. The summed E-state index contributed by atoms with van der Waals surface area (Å²) in [4.78, 5) is 12.4. The smallest absolute Gasteiger partial charge is 0.161 e. The Morgan fingerprint density at radius 3 is 2.79 bits per heavy atom. The molecule has 0 amide bonds. The molecule has 2 unspecified atom stereocenters. The zero-order valence-electron chi connectivity index (χ0n) is 12.2. The lowest BCUT2D eigenvalue weighted by Gasteiger charge is -2.51. The van der Waals surface area contributed by atoms with Gasteiger partial charge in [0.05, 0.1) is 12.2 Å². The van der Waals surface area contributed by atoms with Crippen LogP contribution in [0.15, 0.2) is 11.6 Å². The number of carbonyl (C=O) groups is 1. The van der Waals surface area contributed by atoms with Crippen LogP contribution in [0.25, 0.3) is 0 Å². The molecule has 3 heteroatoms. The lowest BCUT2D eigenvalue weighted by atomic mass is 9.54. The Balaban J connectivity index is 2.27. The van der Waals surface area contributed by atoms with Gasteiger partial charge in [-0.1, -0.05) is 26.3 Å². The minimum atomic E-state index is -0.419. The Morgan fingerprint density at radius 1 is 1.47 bits per heavy atom. The molecule has 0 spiro atoms. The molecule has 3 nitrogen and oxygen atoms in total. The fourth-order valence-corrected chi connectivity index (χ4v) is 3.97. The van der Waals surface area contributed by atoms with Crippen LogP contribution in [0.5, 0.6) is 0 Å². The summed E-state index contributed by atoms with van der Waals surface area (Å²) >= 11 is 0. The van der Waals surface area contributed by atoms with Crippen molar-refractivity contribution in [2.75, 3.05) is 0 Å². The van der Waals surface area contributed by atoms with Crippen molar-refractivity contribution in [1.82, 2.24) is 0 Å². The van der Waals surface area contributed by atoms with E-state index in [1.54, 1.807) is 6.92 Å². The van der Waals surface area contributed by atoms with E-state index in [9.17, 15) is 15.0 Å². The average molecular weight is 266 g/mol. The molecule has 0 aromatic heterocycles. The van der Waals surface area contributed by atoms with Crippen LogP contribution in [-0.4, -0.2) is 28.2 Å². The van der Waals surface area contributed by atoms with Crippen LogP contribution in [0.3, 0.4) is 0 Å². The summed E-state index contributed by atoms with van der Waals surface area (Å²) in [5.41, 5.74) is 0.643. The quantitative estimate of drug-likeness (QED) is 0.755. The van der Waals surface area contributed by atoms with Crippen LogP contribution in [-0.2, 0) is 4.79 Å². The monoisotopic (exact) mass is 266 g/mol. The Morgan fingerprint density at radius 2 is 2.16 bits per heavy atom. The molecule has 0 heterocycles. The molecule has 5 atom stereocenters. The molecule has 2 saturated carbocycles. The number of aliphatic hydroxyl groups is 2. The van der Waals surface area contributed by atoms with E-state index >= 15 is 0 Å². The number of hydrogen-bond acceptors (Lipinski definition) is 3. The summed E-state index contributed by atoms with van der Waals surface area (Å²) in [6.45, 7) is 5.85. The molecule has 0 aromatic carbocycles. The number of hydrogen-bond donors (Lipinski definition) is 2. The largest absolute Gasteiger partial charge is 0.393 e. The molecule has 19 heavy (non-hydrogen) atoms. The van der Waals surface area contributed by atoms with E-state index in [1.807, 2.05) is 13.0 Å². The first-order valence-corrected chi connectivity index (χ1v) is 7.45. The summed E-state index contributed by atoms with van der Waals surface area (Å²) in [6, 6.07) is 0. The molecule has 2 fully saturated rings. The second-order valence-corrected chi connectivity index (χ2v) is 6.70. The standard InChI is InChI=1S/C16H26O3/c1-10(17)7-8-12-9-16(3)13(11(2)15(12)19)5-4-6-14(16)18/h8,10-11,13-14,17-18H,4-7,9H2,1-3H3/t10-,11?,13?,14+,16+/m1/s1. The number of fused-ring (bicyclic) bond motifs is 1. The number of carbonyl (C=O) groups excluding carboxylic acids is 1. The molecule has 2 aliphatic rings. The predicted molar refractivity (Wildman–Crippen MR) is 74.6 cm³/mol. The van der Waals surface area contributed by atoms with E-state index in [0.29, 0.717) is 18.8 Å². The first-order chi connectivity index (χ1) is 8.86. The van der Waals surface area contributed by atoms with Gasteiger partial charge >= 0.3 is 0 Å². The maximum absolute atomic E-state index is 12.4. The van der Waals surface area contributed by atoms with Gasteiger partial charge in [-0.05, 0) is 44.1 Å². The van der Waals surface area contributed by atoms with Gasteiger partial charge < -0.3 is 10.2 Å². The molecule has 0 aromatic rings. The summed E-state index contributed by atoms with van der Waals surface area (Å²) in [6.07, 6.45) is 5.24. The summed E-state index contributed by atoms with van der Waals surface area (Å²) in [5, 5.41) is 19.8. The van der Waals surface area contributed by atoms with Gasteiger partial charge in [0.25, 0.3) is 0 Å². The number of Topliss-reactive ketones (excluding diaryl/α,β-unsaturated/α-hetero) is 1. The highest BCUT2D eigenvalue weighted by Crippen LogP contribution is 2.52. The third kappa shape index (κ3) is 2.63. The lowest BCUT2D eigenvalue weighted by Crippen LogP contribution is -2.51. The second kappa shape index (κ2) is 5.37. The van der Waals surface area contributed by atoms with E-state index in [4.69, 9.17) is 0 Å². The normalized spacial score (nSPS) is 43.1. The van der Waals surface area contributed by atoms with Crippen LogP contribution in [0, 0.1) is 17.3 Å². The summed E-state index contributed by atoms with van der Waals surface area (Å²) in [5.74, 6) is 0.513. The zero-order valence-corrected chi connectivity index (χ0v) is 12.2. The molecule has 0 radical (unpaired) electrons. The van der Waals surface area contributed by atoms with E-state index in [2.05, 4.69) is 6.92 Å². The molecule has 2 N–H and O–H groups in total. The van der Waals surface area contributed by atoms with Gasteiger partial charge in [0.1, 0.15) is 0 Å². The maximum Gasteiger partial charge on any atom is 0.161 e. The number of allylic oxidation sites excluding steroid dienone is 1. The van der Waals surface area contributed by atoms with Crippen LogP contribution >= 0.6 is 0 Å². The van der Waals surface area contributed by atoms with Crippen molar-refractivity contribution in [3.05, 3.63) is 11.6 Å². The van der Waals surface area contributed by atoms with Crippen molar-refractivity contribution in [2.45, 2.75) is 65.1 Å². The molecule has 2 aliphatic carbocycles. The topological polar surface area (TPSA) is 57.5 Å². The van der Waals surface area contributed by atoms with Crippen LogP contribution in [0.4, 0.5) is 0 Å². The van der Waals surface area contributed by atoms with Crippen molar-refractivity contribution >= 4 is 5.78 Å². The number of rotatable bonds is 2. The van der Waals surface area contributed by atoms with Crippen molar-refractivity contribution in [2.24, 2.45) is 17.3 Å². The van der Waals surface area contributed by atoms with E-state index in [-0.39, 0.29) is 23.2 Å². The highest BCUT2D eigenvalue weighted by Gasteiger charge is 2.51. The fraction of sp³-hybridized carbons (Fsp3) is 0.812. The molecule has 108 valence electrons. The van der Waals surface area contributed by atoms with Gasteiger partial charge in [0.15, 0.2) is 5.78 Å². The lowest BCUT2D eigenvalue weighted by molar-refractivity contribution is -0.133. The van der Waals surface area contributed by atoms with Crippen LogP contribution in [0.1, 0.15) is 52.9 Å². The Kier molecular flexibility index (Phi) is 4.17. The fourth-order valence-electron chi connectivity index (χ4n) is 3.97. The zero-order chi connectivity index (χ0) is 14.2. The summed E-state index contributed by atoms with van der Waals surface area (Å²) < 4.78 is 0. The third-order valence-electron chi connectivity index (χ3n) is 5.21. The highest BCUT2D eigenvalue weighted by molar-refractivity contribution is 5.98. The Bertz CT molecular complexity index is 385. The van der Waals surface area contributed by atoms with Crippen molar-refractivity contribution < 1.29 is 15.0 Å². The van der Waals surface area contributed by atoms with Gasteiger partial charge in [-0.2, -0.15) is 0 Å². The number of aliphatic hydroxyl groups excluding tert-OH is 2. The SMILES string of the molecule is CC1C(=O)C(=CC[C@@H](C)O)C[C@@]2(C)C1CCC[C@@H]2O. The van der Waals surface area contributed by atoms with Gasteiger partial charge in [-0.25, -0.2) is 0 Å². The van der Waals surface area contributed by atoms with Crippen LogP contribution in [0.2, 0.25) is 0 Å². The van der Waals surface area contributed by atoms with E-state index < -0.39 is 6.10 Å². The first-order valence-electron chi connectivity index (χ1n) is 7.45. The molecular formula is C16H26O3. The summed E-state index contributed by atoms with van der Waals surface area (Å²) in [7, 11) is 0. The van der Waals surface area contributed by atoms with Gasteiger partial charge in [-0.3, -0.25) is 4.79 Å². The van der Waals surface area contributed by atoms with Crippen LogP contribution < -0.4 is 0 Å². The minimum Gasteiger partial charge on any atom is -0.393 e. The Labute approximate surface area is 115 Å². The van der Waals surface area contributed by atoms with E-state index in [0.717, 1.165) is 24.8 Å².